The van der Waals surface area contributed by atoms with E-state index in [1.807, 2.05) is 0 Å². The number of nitrogens with zero attached hydrogens (tertiary/aromatic N) is 1. The quantitative estimate of drug-likeness (QED) is 0.780. The molecule has 4 heteroatoms. The first-order chi connectivity index (χ1) is 8.35. The fraction of sp³-hybridized carbons (Fsp3) is 1.00. The molecule has 18 heavy (non-hydrogen) atoms. The Balaban J connectivity index is 2.31. The van der Waals surface area contributed by atoms with Crippen molar-refractivity contribution in [2.45, 2.75) is 45.4 Å². The van der Waals surface area contributed by atoms with Crippen LogP contribution in [-0.4, -0.2) is 63.0 Å². The second-order valence-corrected chi connectivity index (χ2v) is 6.50. The zero-order valence-corrected chi connectivity index (χ0v) is 12.8. The topological polar surface area (TPSA) is 33.7 Å². The summed E-state index contributed by atoms with van der Waals surface area (Å²) in [5.74, 6) is 0.636. The second-order valence-electron chi connectivity index (χ2n) is 6.50. The molecule has 0 bridgehead atoms. The Bertz CT molecular complexity index is 228. The molecule has 0 saturated carbocycles. The Morgan fingerprint density at radius 2 is 1.67 bits per heavy atom. The van der Waals surface area contributed by atoms with E-state index < -0.39 is 0 Å². The lowest BCUT2D eigenvalue weighted by Crippen LogP contribution is -2.41. The van der Waals surface area contributed by atoms with Gasteiger partial charge in [0.15, 0.2) is 0 Å². The first-order valence-electron chi connectivity index (χ1n) is 6.88. The zero-order chi connectivity index (χ0) is 13.8. The van der Waals surface area contributed by atoms with Crippen molar-refractivity contribution in [2.75, 3.05) is 40.4 Å². The van der Waals surface area contributed by atoms with Gasteiger partial charge >= 0.3 is 0 Å². The van der Waals surface area contributed by atoms with Crippen molar-refractivity contribution >= 4 is 0 Å². The molecule has 1 heterocycles. The van der Waals surface area contributed by atoms with Crippen molar-refractivity contribution in [3.05, 3.63) is 0 Å². The molecule has 1 saturated heterocycles. The molecule has 0 aromatic heterocycles. The van der Waals surface area contributed by atoms with Crippen LogP contribution in [0.3, 0.4) is 0 Å². The average Bonchev–Trinajstić information content (AvgIpc) is 2.67. The molecule has 1 aliphatic heterocycles. The summed E-state index contributed by atoms with van der Waals surface area (Å²) in [6, 6.07) is 0. The van der Waals surface area contributed by atoms with Crippen LogP contribution in [0.2, 0.25) is 0 Å². The van der Waals surface area contributed by atoms with Gasteiger partial charge in [-0.3, -0.25) is 4.90 Å². The summed E-state index contributed by atoms with van der Waals surface area (Å²) in [5.41, 5.74) is 0.198. The minimum absolute atomic E-state index is 0.198. The molecular weight excluding hydrogens is 228 g/mol. The van der Waals surface area contributed by atoms with Crippen LogP contribution in [0.1, 0.15) is 27.7 Å². The lowest BCUT2D eigenvalue weighted by atomic mass is 10.1. The summed E-state index contributed by atoms with van der Waals surface area (Å²) in [6.45, 7) is 13.0. The van der Waals surface area contributed by atoms with Crippen molar-refractivity contribution in [1.29, 1.82) is 0 Å². The highest BCUT2D eigenvalue weighted by Crippen LogP contribution is 2.17. The van der Waals surface area contributed by atoms with Crippen molar-refractivity contribution < 1.29 is 9.47 Å². The molecule has 4 nitrogen and oxygen atoms in total. The fourth-order valence-corrected chi connectivity index (χ4v) is 2.41. The highest BCUT2D eigenvalue weighted by atomic mass is 16.5. The molecule has 1 N–H and O–H groups in total. The van der Waals surface area contributed by atoms with Crippen LogP contribution in [0, 0.1) is 5.92 Å². The number of ether oxygens (including phenoxy) is 2. The van der Waals surface area contributed by atoms with Gasteiger partial charge in [-0.25, -0.2) is 0 Å². The fourth-order valence-electron chi connectivity index (χ4n) is 2.41. The van der Waals surface area contributed by atoms with Gasteiger partial charge in [-0.05, 0) is 33.2 Å². The normalized spacial score (nSPS) is 27.7. The van der Waals surface area contributed by atoms with E-state index in [-0.39, 0.29) is 17.7 Å². The lowest BCUT2D eigenvalue weighted by molar-refractivity contribution is -0.00461. The van der Waals surface area contributed by atoms with E-state index in [0.29, 0.717) is 5.92 Å². The Morgan fingerprint density at radius 3 is 2.06 bits per heavy atom. The Labute approximate surface area is 112 Å². The standard InChI is InChI=1S/C14H30N2O2/c1-11(7-15-14(2,3)4)8-16-9-12(17-5)13(10-16)18-6/h11-13,15H,7-10H2,1-6H3. The second kappa shape index (κ2) is 6.85. The molecule has 0 aliphatic carbocycles. The third kappa shape index (κ3) is 5.22. The van der Waals surface area contributed by atoms with Gasteiger partial charge in [0.1, 0.15) is 0 Å². The molecule has 108 valence electrons. The number of rotatable bonds is 6. The predicted molar refractivity (Wildman–Crippen MR) is 75.0 cm³/mol. The average molecular weight is 258 g/mol. The minimum Gasteiger partial charge on any atom is -0.377 e. The first kappa shape index (κ1) is 15.9. The molecule has 1 fully saturated rings. The third-order valence-electron chi connectivity index (χ3n) is 3.45. The summed E-state index contributed by atoms with van der Waals surface area (Å²) in [7, 11) is 3.54. The van der Waals surface area contributed by atoms with E-state index in [2.05, 4.69) is 37.9 Å². The highest BCUT2D eigenvalue weighted by molar-refractivity contribution is 4.86. The third-order valence-corrected chi connectivity index (χ3v) is 3.45. The molecular formula is C14H30N2O2. The maximum Gasteiger partial charge on any atom is 0.0971 e. The first-order valence-corrected chi connectivity index (χ1v) is 6.88. The van der Waals surface area contributed by atoms with E-state index in [0.717, 1.165) is 26.2 Å². The zero-order valence-electron chi connectivity index (χ0n) is 12.8. The molecule has 1 aliphatic rings. The molecule has 0 aromatic carbocycles. The van der Waals surface area contributed by atoms with Crippen LogP contribution < -0.4 is 5.32 Å². The van der Waals surface area contributed by atoms with Gasteiger partial charge in [-0.2, -0.15) is 0 Å². The molecule has 3 atom stereocenters. The van der Waals surface area contributed by atoms with Crippen LogP contribution in [-0.2, 0) is 9.47 Å². The van der Waals surface area contributed by atoms with Gasteiger partial charge in [0.2, 0.25) is 0 Å². The van der Waals surface area contributed by atoms with E-state index in [1.54, 1.807) is 14.2 Å². The molecule has 3 unspecified atom stereocenters. The summed E-state index contributed by atoms with van der Waals surface area (Å²) in [4.78, 5) is 2.44. The van der Waals surface area contributed by atoms with Crippen molar-refractivity contribution in [2.24, 2.45) is 5.92 Å². The monoisotopic (exact) mass is 258 g/mol. The van der Waals surface area contributed by atoms with E-state index in [1.165, 1.54) is 0 Å². The minimum atomic E-state index is 0.198. The van der Waals surface area contributed by atoms with E-state index in [9.17, 15) is 0 Å². The summed E-state index contributed by atoms with van der Waals surface area (Å²) >= 11 is 0. The van der Waals surface area contributed by atoms with Gasteiger partial charge in [0, 0.05) is 39.4 Å². The lowest BCUT2D eigenvalue weighted by Gasteiger charge is -2.26. The SMILES string of the molecule is COC1CN(CC(C)CNC(C)(C)C)CC1OC. The van der Waals surface area contributed by atoms with E-state index >= 15 is 0 Å². The van der Waals surface area contributed by atoms with Gasteiger partial charge in [0.05, 0.1) is 12.2 Å². The maximum atomic E-state index is 5.46. The van der Waals surface area contributed by atoms with Crippen LogP contribution >= 0.6 is 0 Å². The Morgan fingerprint density at radius 1 is 1.17 bits per heavy atom. The van der Waals surface area contributed by atoms with Crippen LogP contribution in [0.4, 0.5) is 0 Å². The van der Waals surface area contributed by atoms with Crippen molar-refractivity contribution in [3.8, 4) is 0 Å². The van der Waals surface area contributed by atoms with Crippen molar-refractivity contribution in [1.82, 2.24) is 10.2 Å². The predicted octanol–water partition coefficient (Wildman–Crippen LogP) is 1.36. The number of hydrogen-bond acceptors (Lipinski definition) is 4. The Kier molecular flexibility index (Phi) is 6.05. The maximum absolute atomic E-state index is 5.46. The number of likely N-dealkylation sites (tertiary alicyclic amines) is 1. The molecule has 0 amide bonds. The molecule has 1 rings (SSSR count). The van der Waals surface area contributed by atoms with Gasteiger partial charge in [-0.1, -0.05) is 6.92 Å². The van der Waals surface area contributed by atoms with Crippen molar-refractivity contribution in [3.63, 3.8) is 0 Å². The number of nitrogens with one attached hydrogen (secondary N) is 1. The van der Waals surface area contributed by atoms with Gasteiger partial charge in [0.25, 0.3) is 0 Å². The van der Waals surface area contributed by atoms with Crippen LogP contribution in [0.25, 0.3) is 0 Å². The summed E-state index contributed by atoms with van der Waals surface area (Å²) < 4.78 is 10.9. The van der Waals surface area contributed by atoms with Gasteiger partial charge < -0.3 is 14.8 Å². The molecule has 0 aromatic rings. The van der Waals surface area contributed by atoms with Gasteiger partial charge in [-0.15, -0.1) is 0 Å². The van der Waals surface area contributed by atoms with Crippen LogP contribution in [0.15, 0.2) is 0 Å². The smallest absolute Gasteiger partial charge is 0.0971 e. The van der Waals surface area contributed by atoms with Crippen LogP contribution in [0.5, 0.6) is 0 Å². The Hall–Kier alpha value is -0.160. The summed E-state index contributed by atoms with van der Waals surface area (Å²) in [5, 5.41) is 3.56. The largest absolute Gasteiger partial charge is 0.377 e. The highest BCUT2D eigenvalue weighted by Gasteiger charge is 2.33. The molecule has 0 spiro atoms. The number of methoxy groups -OCH3 is 2. The summed E-state index contributed by atoms with van der Waals surface area (Å²) in [6.07, 6.45) is 0.440. The molecule has 0 radical (unpaired) electrons. The number of hydrogen-bond donors (Lipinski definition) is 1. The van der Waals surface area contributed by atoms with E-state index in [4.69, 9.17) is 9.47 Å².